The largest absolute Gasteiger partial charge is 0.394 e. The average molecular weight is 319 g/mol. The molecule has 5 nitrogen and oxygen atoms in total. The van der Waals surface area contributed by atoms with E-state index in [9.17, 15) is 10.2 Å². The van der Waals surface area contributed by atoms with Gasteiger partial charge in [0.1, 0.15) is 12.2 Å². The summed E-state index contributed by atoms with van der Waals surface area (Å²) in [6.07, 6.45) is 10.5. The van der Waals surface area contributed by atoms with Gasteiger partial charge in [-0.05, 0) is 6.42 Å². The Labute approximate surface area is 136 Å². The van der Waals surface area contributed by atoms with Crippen molar-refractivity contribution in [2.75, 3.05) is 13.2 Å². The second kappa shape index (κ2) is 13.3. The zero-order valence-electron chi connectivity index (χ0n) is 14.3. The van der Waals surface area contributed by atoms with E-state index in [4.69, 9.17) is 16.6 Å². The summed E-state index contributed by atoms with van der Waals surface area (Å²) in [7, 11) is 0. The molecule has 0 aliphatic rings. The molecule has 7 N–H and O–H groups in total. The van der Waals surface area contributed by atoms with Crippen LogP contribution in [0.3, 0.4) is 0 Å². The Kier molecular flexibility index (Phi) is 13.1. The van der Waals surface area contributed by atoms with Crippen LogP contribution in [0.5, 0.6) is 0 Å². The minimum atomic E-state index is -1.23. The van der Waals surface area contributed by atoms with Crippen LogP contribution in [0.4, 0.5) is 0 Å². The molecule has 0 aromatic rings. The van der Waals surface area contributed by atoms with Crippen molar-refractivity contribution in [3.63, 3.8) is 0 Å². The summed E-state index contributed by atoms with van der Waals surface area (Å²) in [5.74, 6) is 0. The Hall–Kier alpha value is -0.200. The molecule has 0 rings (SSSR count). The second-order valence-electron chi connectivity index (χ2n) is 6.56. The van der Waals surface area contributed by atoms with E-state index in [0.29, 0.717) is 6.42 Å². The number of rotatable bonds is 15. The molecule has 0 saturated heterocycles. The quantitative estimate of drug-likeness (QED) is 0.295. The Morgan fingerprint density at radius 1 is 0.864 bits per heavy atom. The zero-order valence-corrected chi connectivity index (χ0v) is 14.3. The highest BCUT2D eigenvalue weighted by atomic mass is 16.4. The highest BCUT2D eigenvalue weighted by Gasteiger charge is 2.36. The minimum Gasteiger partial charge on any atom is -0.394 e. The van der Waals surface area contributed by atoms with Crippen LogP contribution in [0.1, 0.15) is 77.6 Å². The maximum Gasteiger partial charge on any atom is 0.105 e. The van der Waals surface area contributed by atoms with Gasteiger partial charge in [0, 0.05) is 6.54 Å². The lowest BCUT2D eigenvalue weighted by Crippen LogP contribution is -2.61. The number of hydrogen-bond donors (Lipinski definition) is 5. The van der Waals surface area contributed by atoms with Crippen LogP contribution < -0.4 is 11.5 Å². The highest BCUT2D eigenvalue weighted by Crippen LogP contribution is 2.19. The van der Waals surface area contributed by atoms with Crippen molar-refractivity contribution < 1.29 is 15.3 Å². The lowest BCUT2D eigenvalue weighted by Gasteiger charge is -2.35. The Morgan fingerprint density at radius 2 is 1.32 bits per heavy atom. The van der Waals surface area contributed by atoms with E-state index in [0.717, 1.165) is 12.8 Å². The average Bonchev–Trinajstić information content (AvgIpc) is 2.54. The lowest BCUT2D eigenvalue weighted by atomic mass is 9.84. The van der Waals surface area contributed by atoms with Gasteiger partial charge in [-0.15, -0.1) is 0 Å². The van der Waals surface area contributed by atoms with Gasteiger partial charge in [0.2, 0.25) is 0 Å². The molecule has 0 fully saturated rings. The molecule has 0 spiro atoms. The van der Waals surface area contributed by atoms with E-state index in [1.807, 2.05) is 0 Å². The molecule has 0 saturated carbocycles. The molecular formula is C17H38N2O3. The molecule has 0 amide bonds. The van der Waals surface area contributed by atoms with Crippen LogP contribution in [-0.4, -0.2) is 46.2 Å². The topological polar surface area (TPSA) is 113 Å². The first-order chi connectivity index (χ1) is 10.5. The third-order valence-corrected chi connectivity index (χ3v) is 4.52. The van der Waals surface area contributed by atoms with E-state index >= 15 is 0 Å². The first-order valence-electron chi connectivity index (χ1n) is 8.97. The molecule has 134 valence electrons. The number of nitrogens with two attached hydrogens (primary N) is 2. The standard InChI is InChI=1S/C17H38N2O3/c1-2-3-4-5-6-7-8-9-10-11-12-17(19,14-18)16(22)15(21)13-20/h15-16,20-22H,2-14,18-19H2,1H3. The molecular weight excluding hydrogens is 280 g/mol. The maximum absolute atomic E-state index is 9.97. The fourth-order valence-corrected chi connectivity index (χ4v) is 2.80. The summed E-state index contributed by atoms with van der Waals surface area (Å²) in [6, 6.07) is 0. The van der Waals surface area contributed by atoms with E-state index in [1.165, 1.54) is 51.4 Å². The van der Waals surface area contributed by atoms with E-state index in [-0.39, 0.29) is 6.54 Å². The third kappa shape index (κ3) is 9.06. The summed E-state index contributed by atoms with van der Waals surface area (Å²) in [5, 5.41) is 28.4. The summed E-state index contributed by atoms with van der Waals surface area (Å²) in [6.45, 7) is 1.83. The monoisotopic (exact) mass is 318 g/mol. The van der Waals surface area contributed by atoms with Crippen molar-refractivity contribution in [3.8, 4) is 0 Å². The predicted molar refractivity (Wildman–Crippen MR) is 91.5 cm³/mol. The number of aliphatic hydroxyl groups excluding tert-OH is 3. The summed E-state index contributed by atoms with van der Waals surface area (Å²) in [4.78, 5) is 0. The second-order valence-corrected chi connectivity index (χ2v) is 6.56. The first-order valence-corrected chi connectivity index (χ1v) is 8.97. The molecule has 0 aliphatic carbocycles. The molecule has 3 unspecified atom stereocenters. The number of hydrogen-bond acceptors (Lipinski definition) is 5. The van der Waals surface area contributed by atoms with Gasteiger partial charge in [-0.3, -0.25) is 0 Å². The summed E-state index contributed by atoms with van der Waals surface area (Å²) < 4.78 is 0. The van der Waals surface area contributed by atoms with Gasteiger partial charge in [0.25, 0.3) is 0 Å². The normalized spacial score (nSPS) is 17.2. The summed E-state index contributed by atoms with van der Waals surface area (Å²) in [5.41, 5.74) is 10.7. The van der Waals surface area contributed by atoms with Crippen molar-refractivity contribution in [2.45, 2.75) is 95.3 Å². The predicted octanol–water partition coefficient (Wildman–Crippen LogP) is 1.67. The van der Waals surface area contributed by atoms with Crippen molar-refractivity contribution in [1.82, 2.24) is 0 Å². The van der Waals surface area contributed by atoms with Gasteiger partial charge in [-0.25, -0.2) is 0 Å². The van der Waals surface area contributed by atoms with Gasteiger partial charge in [-0.1, -0.05) is 71.1 Å². The van der Waals surface area contributed by atoms with Gasteiger partial charge in [0.05, 0.1) is 12.1 Å². The molecule has 0 radical (unpaired) electrons. The van der Waals surface area contributed by atoms with Gasteiger partial charge in [-0.2, -0.15) is 0 Å². The first kappa shape index (κ1) is 21.8. The fraction of sp³-hybridized carbons (Fsp3) is 1.00. The smallest absolute Gasteiger partial charge is 0.105 e. The van der Waals surface area contributed by atoms with E-state index in [1.54, 1.807) is 0 Å². The van der Waals surface area contributed by atoms with Crippen LogP contribution in [0, 0.1) is 0 Å². The summed E-state index contributed by atoms with van der Waals surface area (Å²) >= 11 is 0. The number of aliphatic hydroxyl groups is 3. The molecule has 3 atom stereocenters. The van der Waals surface area contributed by atoms with Crippen LogP contribution in [0.2, 0.25) is 0 Å². The van der Waals surface area contributed by atoms with Gasteiger partial charge >= 0.3 is 0 Å². The van der Waals surface area contributed by atoms with Crippen LogP contribution in [-0.2, 0) is 0 Å². The van der Waals surface area contributed by atoms with Crippen LogP contribution in [0.15, 0.2) is 0 Å². The third-order valence-electron chi connectivity index (χ3n) is 4.52. The van der Waals surface area contributed by atoms with E-state index in [2.05, 4.69) is 6.92 Å². The van der Waals surface area contributed by atoms with E-state index < -0.39 is 24.4 Å². The van der Waals surface area contributed by atoms with Crippen molar-refractivity contribution in [1.29, 1.82) is 0 Å². The number of unbranched alkanes of at least 4 members (excludes halogenated alkanes) is 9. The molecule has 0 bridgehead atoms. The molecule has 5 heteroatoms. The van der Waals surface area contributed by atoms with Crippen molar-refractivity contribution in [3.05, 3.63) is 0 Å². The lowest BCUT2D eigenvalue weighted by molar-refractivity contribution is -0.0531. The minimum absolute atomic E-state index is 0.0999. The fourth-order valence-electron chi connectivity index (χ4n) is 2.80. The van der Waals surface area contributed by atoms with Gasteiger partial charge < -0.3 is 26.8 Å². The molecule has 0 aromatic carbocycles. The Balaban J connectivity index is 3.70. The Bertz CT molecular complexity index is 254. The van der Waals surface area contributed by atoms with Gasteiger partial charge in [0.15, 0.2) is 0 Å². The molecule has 0 aliphatic heterocycles. The maximum atomic E-state index is 9.97. The molecule has 0 aromatic heterocycles. The molecule has 22 heavy (non-hydrogen) atoms. The van der Waals surface area contributed by atoms with Crippen molar-refractivity contribution >= 4 is 0 Å². The zero-order chi connectivity index (χ0) is 16.8. The highest BCUT2D eigenvalue weighted by molar-refractivity contribution is 4.95. The van der Waals surface area contributed by atoms with Crippen LogP contribution >= 0.6 is 0 Å². The Morgan fingerprint density at radius 3 is 1.73 bits per heavy atom. The SMILES string of the molecule is CCCCCCCCCCCCC(N)(CN)C(O)C(O)CO. The van der Waals surface area contributed by atoms with Crippen molar-refractivity contribution in [2.24, 2.45) is 11.5 Å². The van der Waals surface area contributed by atoms with Crippen LogP contribution in [0.25, 0.3) is 0 Å². The molecule has 0 heterocycles.